The highest BCUT2D eigenvalue weighted by molar-refractivity contribution is 7.08. The molecule has 3 rings (SSSR count). The lowest BCUT2D eigenvalue weighted by Gasteiger charge is -2.20. The van der Waals surface area contributed by atoms with E-state index in [0.717, 1.165) is 4.90 Å². The first-order chi connectivity index (χ1) is 11.4. The summed E-state index contributed by atoms with van der Waals surface area (Å²) in [4.78, 5) is 41.6. The van der Waals surface area contributed by atoms with E-state index < -0.39 is 29.9 Å². The van der Waals surface area contributed by atoms with E-state index in [1.54, 1.807) is 24.4 Å². The third-order valence-electron chi connectivity index (χ3n) is 3.67. The third-order valence-corrected chi connectivity index (χ3v) is 4.58. The van der Waals surface area contributed by atoms with Crippen LogP contribution in [-0.2, 0) is 15.1 Å². The van der Waals surface area contributed by atoms with Crippen molar-refractivity contribution in [2.45, 2.75) is 12.5 Å². The standard InChI is InChI=1S/C15H13ClN4O3S/c1-15(9-4-5-24-8-9)13(22)20(14(23)19-15)7-12(21)18-11-3-2-10(16)6-17-11/h2-6,8H,7H2,1H3,(H,19,23)(H,17,18,21)/t15-/m0/s1. The van der Waals surface area contributed by atoms with Crippen LogP contribution in [-0.4, -0.2) is 34.3 Å². The fourth-order valence-electron chi connectivity index (χ4n) is 2.36. The average Bonchev–Trinajstić information content (AvgIpc) is 3.14. The van der Waals surface area contributed by atoms with Gasteiger partial charge >= 0.3 is 6.03 Å². The van der Waals surface area contributed by atoms with Crippen molar-refractivity contribution in [3.05, 3.63) is 45.7 Å². The van der Waals surface area contributed by atoms with Gasteiger partial charge in [0.2, 0.25) is 5.91 Å². The van der Waals surface area contributed by atoms with Crippen LogP contribution in [0.1, 0.15) is 12.5 Å². The first-order valence-electron chi connectivity index (χ1n) is 6.98. The number of amides is 4. The average molecular weight is 365 g/mol. The SMILES string of the molecule is C[C@@]1(c2ccsc2)NC(=O)N(CC(=O)Nc2ccc(Cl)cn2)C1=O. The van der Waals surface area contributed by atoms with E-state index in [9.17, 15) is 14.4 Å². The molecule has 9 heteroatoms. The zero-order valence-corrected chi connectivity index (χ0v) is 14.1. The van der Waals surface area contributed by atoms with Crippen molar-refractivity contribution in [1.29, 1.82) is 0 Å². The topological polar surface area (TPSA) is 91.4 Å². The first kappa shape index (κ1) is 16.4. The zero-order valence-electron chi connectivity index (χ0n) is 12.6. The predicted molar refractivity (Wildman–Crippen MR) is 89.8 cm³/mol. The van der Waals surface area contributed by atoms with Crippen LogP contribution >= 0.6 is 22.9 Å². The molecule has 0 aliphatic carbocycles. The van der Waals surface area contributed by atoms with Crippen LogP contribution in [0.3, 0.4) is 0 Å². The number of halogens is 1. The minimum atomic E-state index is -1.16. The molecule has 1 atom stereocenters. The van der Waals surface area contributed by atoms with Crippen molar-refractivity contribution in [1.82, 2.24) is 15.2 Å². The number of carbonyl (C=O) groups is 3. The molecular formula is C15H13ClN4O3S. The Morgan fingerprint density at radius 1 is 1.42 bits per heavy atom. The fraction of sp³-hybridized carbons (Fsp3) is 0.200. The number of rotatable bonds is 4. The quantitative estimate of drug-likeness (QED) is 0.813. The number of aromatic nitrogens is 1. The Morgan fingerprint density at radius 3 is 2.83 bits per heavy atom. The minimum Gasteiger partial charge on any atom is -0.319 e. The maximum atomic E-state index is 12.6. The lowest BCUT2D eigenvalue weighted by Crippen LogP contribution is -2.41. The summed E-state index contributed by atoms with van der Waals surface area (Å²) in [7, 11) is 0. The lowest BCUT2D eigenvalue weighted by atomic mass is 9.95. The van der Waals surface area contributed by atoms with E-state index in [1.807, 2.05) is 5.38 Å². The number of thiophene rings is 1. The molecule has 3 heterocycles. The molecule has 0 unspecified atom stereocenters. The van der Waals surface area contributed by atoms with Crippen molar-refractivity contribution in [3.8, 4) is 0 Å². The number of anilines is 1. The van der Waals surface area contributed by atoms with Gasteiger partial charge in [-0.2, -0.15) is 11.3 Å². The van der Waals surface area contributed by atoms with Crippen LogP contribution in [0.4, 0.5) is 10.6 Å². The smallest absolute Gasteiger partial charge is 0.319 e. The Bertz CT molecular complexity index is 794. The van der Waals surface area contributed by atoms with Gasteiger partial charge < -0.3 is 10.6 Å². The number of pyridine rings is 1. The van der Waals surface area contributed by atoms with Crippen molar-refractivity contribution in [3.63, 3.8) is 0 Å². The highest BCUT2D eigenvalue weighted by Crippen LogP contribution is 2.30. The predicted octanol–water partition coefficient (Wildman–Crippen LogP) is 2.20. The van der Waals surface area contributed by atoms with Gasteiger partial charge in [0.25, 0.3) is 5.91 Å². The third kappa shape index (κ3) is 2.98. The summed E-state index contributed by atoms with van der Waals surface area (Å²) < 4.78 is 0. The van der Waals surface area contributed by atoms with Crippen molar-refractivity contribution in [2.75, 3.05) is 11.9 Å². The lowest BCUT2D eigenvalue weighted by molar-refractivity contribution is -0.133. The second-order valence-corrected chi connectivity index (χ2v) is 6.58. The molecule has 0 aromatic carbocycles. The molecule has 0 saturated carbocycles. The van der Waals surface area contributed by atoms with Crippen LogP contribution in [0.2, 0.25) is 5.02 Å². The van der Waals surface area contributed by atoms with E-state index in [0.29, 0.717) is 10.6 Å². The number of nitrogens with one attached hydrogen (secondary N) is 2. The number of imide groups is 1. The zero-order chi connectivity index (χ0) is 17.3. The van der Waals surface area contributed by atoms with Crippen LogP contribution in [0.15, 0.2) is 35.2 Å². The normalized spacial score (nSPS) is 20.2. The van der Waals surface area contributed by atoms with Gasteiger partial charge in [-0.05, 0) is 41.4 Å². The summed E-state index contributed by atoms with van der Waals surface area (Å²) in [6, 6.07) is 4.27. The van der Waals surface area contributed by atoms with Gasteiger partial charge in [-0.1, -0.05) is 11.6 Å². The molecule has 1 aliphatic heterocycles. The van der Waals surface area contributed by atoms with Gasteiger partial charge in [0.05, 0.1) is 5.02 Å². The van der Waals surface area contributed by atoms with Crippen LogP contribution in [0, 0.1) is 0 Å². The van der Waals surface area contributed by atoms with E-state index in [1.165, 1.54) is 23.6 Å². The Morgan fingerprint density at radius 2 is 2.21 bits per heavy atom. The summed E-state index contributed by atoms with van der Waals surface area (Å²) in [6.45, 7) is 1.22. The van der Waals surface area contributed by atoms with E-state index in [2.05, 4.69) is 15.6 Å². The van der Waals surface area contributed by atoms with Gasteiger partial charge in [0, 0.05) is 6.20 Å². The van der Waals surface area contributed by atoms with Gasteiger partial charge in [0.1, 0.15) is 17.9 Å². The molecule has 4 amide bonds. The summed E-state index contributed by atoms with van der Waals surface area (Å²) in [5.41, 5.74) is -0.469. The maximum absolute atomic E-state index is 12.6. The van der Waals surface area contributed by atoms with Gasteiger partial charge in [-0.3, -0.25) is 14.5 Å². The maximum Gasteiger partial charge on any atom is 0.325 e. The van der Waals surface area contributed by atoms with Crippen LogP contribution in [0.5, 0.6) is 0 Å². The minimum absolute atomic E-state index is 0.289. The van der Waals surface area contributed by atoms with Crippen molar-refractivity contribution >= 4 is 46.6 Å². The highest BCUT2D eigenvalue weighted by Gasteiger charge is 2.49. The number of carbonyl (C=O) groups excluding carboxylic acids is 3. The Balaban J connectivity index is 1.71. The van der Waals surface area contributed by atoms with Gasteiger partial charge in [-0.15, -0.1) is 0 Å². The molecule has 2 aromatic rings. The van der Waals surface area contributed by atoms with Crippen LogP contribution < -0.4 is 10.6 Å². The number of hydrogen-bond donors (Lipinski definition) is 2. The molecule has 24 heavy (non-hydrogen) atoms. The second-order valence-electron chi connectivity index (χ2n) is 5.37. The fourth-order valence-corrected chi connectivity index (χ4v) is 3.24. The molecule has 2 aromatic heterocycles. The highest BCUT2D eigenvalue weighted by atomic mass is 35.5. The van der Waals surface area contributed by atoms with Gasteiger partial charge in [-0.25, -0.2) is 9.78 Å². The number of nitrogens with zero attached hydrogens (tertiary/aromatic N) is 2. The summed E-state index contributed by atoms with van der Waals surface area (Å²) in [5, 5.41) is 9.21. The van der Waals surface area contributed by atoms with Crippen LogP contribution in [0.25, 0.3) is 0 Å². The van der Waals surface area contributed by atoms with Crippen molar-refractivity contribution in [2.24, 2.45) is 0 Å². The molecular weight excluding hydrogens is 352 g/mol. The summed E-state index contributed by atoms with van der Waals surface area (Å²) in [5.74, 6) is -0.704. The molecule has 124 valence electrons. The van der Waals surface area contributed by atoms with Crippen molar-refractivity contribution < 1.29 is 14.4 Å². The molecule has 7 nitrogen and oxygen atoms in total. The molecule has 1 aliphatic rings. The molecule has 1 fully saturated rings. The van der Waals surface area contributed by atoms with E-state index in [4.69, 9.17) is 11.6 Å². The number of hydrogen-bond acceptors (Lipinski definition) is 5. The Hall–Kier alpha value is -2.45. The Kier molecular flexibility index (Phi) is 4.25. The molecule has 0 spiro atoms. The largest absolute Gasteiger partial charge is 0.325 e. The second kappa shape index (κ2) is 6.21. The van der Waals surface area contributed by atoms with E-state index >= 15 is 0 Å². The molecule has 0 radical (unpaired) electrons. The summed E-state index contributed by atoms with van der Waals surface area (Å²) in [6.07, 6.45) is 1.39. The summed E-state index contributed by atoms with van der Waals surface area (Å²) >= 11 is 7.15. The molecule has 0 bridgehead atoms. The molecule has 2 N–H and O–H groups in total. The van der Waals surface area contributed by atoms with Gasteiger partial charge in [0.15, 0.2) is 0 Å². The number of urea groups is 1. The Labute approximate surface area is 146 Å². The monoisotopic (exact) mass is 364 g/mol. The first-order valence-corrected chi connectivity index (χ1v) is 8.30. The molecule has 1 saturated heterocycles. The van der Waals surface area contributed by atoms with E-state index in [-0.39, 0.29) is 5.82 Å².